The number of aromatic nitrogens is 1. The number of carbonyl (C=O) groups excluding carboxylic acids is 3. The van der Waals surface area contributed by atoms with Gasteiger partial charge in [0.1, 0.15) is 11.6 Å². The van der Waals surface area contributed by atoms with Crippen molar-refractivity contribution in [1.29, 1.82) is 0 Å². The number of nitrogens with zero attached hydrogens (tertiary/aromatic N) is 2. The minimum Gasteiger partial charge on any atom is -0.490 e. The average molecular weight is 741 g/mol. The number of hydrazone groups is 1. The number of aliphatic hydroxyl groups is 1. The first-order chi connectivity index (χ1) is 25.6. The SMILES string of the molecule is CCOc1cc([C@H]2NC(=O)NC(C)=C2C(=O)OC)ccc1OC[C@H](O)N/N=C\c1cc(C)n(-c2sc3c(c2C(=O)Nc2ccccc2)CCCC3)c1C. The van der Waals surface area contributed by atoms with Crippen molar-refractivity contribution in [2.45, 2.75) is 65.6 Å². The lowest BCUT2D eigenvalue weighted by molar-refractivity contribution is -0.136. The molecule has 0 unspecified atom stereocenters. The van der Waals surface area contributed by atoms with E-state index < -0.39 is 24.3 Å². The number of rotatable bonds is 13. The highest BCUT2D eigenvalue weighted by Crippen LogP contribution is 2.39. The number of ether oxygens (including phenoxy) is 3. The van der Waals surface area contributed by atoms with Gasteiger partial charge in [0.15, 0.2) is 17.7 Å². The molecule has 2 aromatic carbocycles. The van der Waals surface area contributed by atoms with E-state index in [9.17, 15) is 19.5 Å². The molecular formula is C39H44N6O7S. The van der Waals surface area contributed by atoms with Gasteiger partial charge >= 0.3 is 12.0 Å². The highest BCUT2D eigenvalue weighted by atomic mass is 32.1. The summed E-state index contributed by atoms with van der Waals surface area (Å²) in [6, 6.07) is 15.3. The Morgan fingerprint density at radius 1 is 1.08 bits per heavy atom. The molecule has 278 valence electrons. The number of carbonyl (C=O) groups is 3. The van der Waals surface area contributed by atoms with Gasteiger partial charge in [-0.15, -0.1) is 11.3 Å². The minimum absolute atomic E-state index is 0.115. The van der Waals surface area contributed by atoms with Gasteiger partial charge in [-0.2, -0.15) is 5.10 Å². The summed E-state index contributed by atoms with van der Waals surface area (Å²) in [4.78, 5) is 39.8. The fourth-order valence-corrected chi connectivity index (χ4v) is 8.20. The van der Waals surface area contributed by atoms with Crippen molar-refractivity contribution in [3.05, 3.63) is 104 Å². The molecule has 14 heteroatoms. The number of nitrogens with one attached hydrogen (secondary N) is 4. The zero-order valence-electron chi connectivity index (χ0n) is 30.4. The van der Waals surface area contributed by atoms with Crippen LogP contribution in [0.25, 0.3) is 5.00 Å². The maximum Gasteiger partial charge on any atom is 0.337 e. The standard InChI is InChI=1S/C39H44N6O7S/c1-6-51-30-19-25(35-33(38(48)50-5)23(3)41-39(49)43-35)16-17-29(30)52-21-32(46)44-40-20-26-18-22(2)45(24(26)4)37-34(28-14-10-11-15-31(28)53-37)36(47)42-27-12-8-7-9-13-27/h7-9,12-13,16-20,32,35,44,46H,6,10-11,14-15,21H2,1-5H3,(H,42,47)(H2,41,43,49)/b40-20-/t32-,35+/m0/s1. The number of amides is 3. The first kappa shape index (κ1) is 37.2. The van der Waals surface area contributed by atoms with E-state index in [2.05, 4.69) is 31.0 Å². The number of esters is 1. The number of allylic oxidation sites excluding steroid dienone is 1. The molecule has 1 aliphatic carbocycles. The molecule has 2 aromatic heterocycles. The van der Waals surface area contributed by atoms with Gasteiger partial charge in [-0.05, 0) is 94.8 Å². The molecule has 0 spiro atoms. The maximum absolute atomic E-state index is 13.8. The number of fused-ring (bicyclic) bond motifs is 1. The highest BCUT2D eigenvalue weighted by Gasteiger charge is 2.33. The summed E-state index contributed by atoms with van der Waals surface area (Å²) in [6.45, 7) is 7.62. The van der Waals surface area contributed by atoms with Crippen molar-refractivity contribution in [3.8, 4) is 16.5 Å². The van der Waals surface area contributed by atoms with Crippen LogP contribution < -0.4 is 30.8 Å². The Morgan fingerprint density at radius 3 is 2.60 bits per heavy atom. The van der Waals surface area contributed by atoms with Gasteiger partial charge in [-0.25, -0.2) is 9.59 Å². The number of aliphatic hydroxyl groups excluding tert-OH is 1. The van der Waals surface area contributed by atoms with Gasteiger partial charge in [0, 0.05) is 33.2 Å². The molecule has 0 saturated carbocycles. The first-order valence-corrected chi connectivity index (χ1v) is 18.3. The molecule has 5 N–H and O–H groups in total. The molecule has 2 atom stereocenters. The summed E-state index contributed by atoms with van der Waals surface area (Å²) < 4.78 is 18.8. The number of methoxy groups -OCH3 is 1. The third-order valence-corrected chi connectivity index (χ3v) is 10.5. The number of thiophene rings is 1. The average Bonchev–Trinajstić information content (AvgIpc) is 3.66. The molecule has 4 aromatic rings. The quantitative estimate of drug-likeness (QED) is 0.0497. The van der Waals surface area contributed by atoms with E-state index in [1.54, 1.807) is 42.7 Å². The molecular weight excluding hydrogens is 697 g/mol. The van der Waals surface area contributed by atoms with Crippen LogP contribution in [0.5, 0.6) is 11.5 Å². The Bertz CT molecular complexity index is 2070. The van der Waals surface area contributed by atoms with Crippen molar-refractivity contribution in [1.82, 2.24) is 20.6 Å². The van der Waals surface area contributed by atoms with Crippen molar-refractivity contribution in [2.24, 2.45) is 5.10 Å². The maximum atomic E-state index is 13.8. The molecule has 0 fully saturated rings. The lowest BCUT2D eigenvalue weighted by atomic mass is 9.95. The van der Waals surface area contributed by atoms with Crippen LogP contribution in [-0.2, 0) is 22.4 Å². The molecule has 53 heavy (non-hydrogen) atoms. The van der Waals surface area contributed by atoms with Gasteiger partial charge in [0.05, 0.1) is 37.1 Å². The predicted octanol–water partition coefficient (Wildman–Crippen LogP) is 5.81. The number of benzene rings is 2. The molecule has 6 rings (SSSR count). The van der Waals surface area contributed by atoms with Crippen LogP contribution in [0.4, 0.5) is 10.5 Å². The number of anilines is 1. The Labute approximate surface area is 312 Å². The Morgan fingerprint density at radius 2 is 1.85 bits per heavy atom. The predicted molar refractivity (Wildman–Crippen MR) is 203 cm³/mol. The third-order valence-electron chi connectivity index (χ3n) is 9.18. The van der Waals surface area contributed by atoms with E-state index >= 15 is 0 Å². The smallest absolute Gasteiger partial charge is 0.337 e. The van der Waals surface area contributed by atoms with Crippen LogP contribution in [-0.4, -0.2) is 60.3 Å². The number of aryl methyl sites for hydroxylation is 2. The van der Waals surface area contributed by atoms with Crippen molar-refractivity contribution in [3.63, 3.8) is 0 Å². The van der Waals surface area contributed by atoms with Crippen LogP contribution in [0.3, 0.4) is 0 Å². The van der Waals surface area contributed by atoms with Crippen LogP contribution in [0.1, 0.15) is 76.0 Å². The topological polar surface area (TPSA) is 165 Å². The van der Waals surface area contributed by atoms with Crippen LogP contribution in [0, 0.1) is 13.8 Å². The Kier molecular flexibility index (Phi) is 11.5. The lowest BCUT2D eigenvalue weighted by Crippen LogP contribution is -2.45. The summed E-state index contributed by atoms with van der Waals surface area (Å²) in [6.07, 6.45) is 4.48. The Balaban J connectivity index is 1.15. The van der Waals surface area contributed by atoms with Crippen molar-refractivity contribution >= 4 is 41.1 Å². The van der Waals surface area contributed by atoms with Gasteiger partial charge in [-0.3, -0.25) is 10.2 Å². The normalized spacial score (nSPS) is 16.0. The van der Waals surface area contributed by atoms with Crippen LogP contribution in [0.2, 0.25) is 0 Å². The zero-order chi connectivity index (χ0) is 37.6. The molecule has 0 bridgehead atoms. The second-order valence-electron chi connectivity index (χ2n) is 12.8. The largest absolute Gasteiger partial charge is 0.490 e. The second-order valence-corrected chi connectivity index (χ2v) is 13.9. The third kappa shape index (κ3) is 8.08. The molecule has 3 heterocycles. The number of urea groups is 1. The lowest BCUT2D eigenvalue weighted by Gasteiger charge is -2.28. The van der Waals surface area contributed by atoms with Crippen molar-refractivity contribution < 1.29 is 33.7 Å². The van der Waals surface area contributed by atoms with Gasteiger partial charge in [0.25, 0.3) is 5.91 Å². The fourth-order valence-electron chi connectivity index (χ4n) is 6.70. The number of hydrogen-bond acceptors (Lipinski definition) is 10. The van der Waals surface area contributed by atoms with Crippen LogP contribution >= 0.6 is 11.3 Å². The molecule has 3 amide bonds. The number of hydrogen-bond donors (Lipinski definition) is 5. The van der Waals surface area contributed by atoms with E-state index in [1.807, 2.05) is 57.2 Å². The van der Waals surface area contributed by atoms with E-state index in [1.165, 1.54) is 12.0 Å². The second kappa shape index (κ2) is 16.4. The van der Waals surface area contributed by atoms with Crippen LogP contribution in [0.15, 0.2) is 71.0 Å². The molecule has 0 saturated heterocycles. The monoisotopic (exact) mass is 740 g/mol. The fraction of sp³-hybridized carbons (Fsp3) is 0.333. The first-order valence-electron chi connectivity index (χ1n) is 17.5. The summed E-state index contributed by atoms with van der Waals surface area (Å²) in [5.74, 6) is 0.0394. The summed E-state index contributed by atoms with van der Waals surface area (Å²) in [7, 11) is 1.28. The van der Waals surface area contributed by atoms with Gasteiger partial charge < -0.3 is 39.8 Å². The minimum atomic E-state index is -1.17. The van der Waals surface area contributed by atoms with Crippen molar-refractivity contribution in [2.75, 3.05) is 25.6 Å². The summed E-state index contributed by atoms with van der Waals surface area (Å²) >= 11 is 1.68. The highest BCUT2D eigenvalue weighted by molar-refractivity contribution is 7.15. The van der Waals surface area contributed by atoms with Gasteiger partial charge in [-0.1, -0.05) is 24.3 Å². The molecule has 0 radical (unpaired) electrons. The van der Waals surface area contributed by atoms with Gasteiger partial charge in [0.2, 0.25) is 0 Å². The number of para-hydroxylation sites is 1. The Hall–Kier alpha value is -5.60. The molecule has 2 aliphatic rings. The van der Waals surface area contributed by atoms with E-state index in [0.717, 1.165) is 64.4 Å². The summed E-state index contributed by atoms with van der Waals surface area (Å²) in [5.41, 5.74) is 9.28. The molecule has 13 nitrogen and oxygen atoms in total. The zero-order valence-corrected chi connectivity index (χ0v) is 31.2. The van der Waals surface area contributed by atoms with E-state index in [-0.39, 0.29) is 18.1 Å². The van der Waals surface area contributed by atoms with E-state index in [0.29, 0.717) is 29.4 Å². The van der Waals surface area contributed by atoms with E-state index in [4.69, 9.17) is 14.2 Å². The molecule has 1 aliphatic heterocycles. The summed E-state index contributed by atoms with van der Waals surface area (Å²) in [5, 5.41) is 24.4.